The highest BCUT2D eigenvalue weighted by Gasteiger charge is 2.29. The van der Waals surface area contributed by atoms with E-state index in [1.807, 2.05) is 25.1 Å². The molecule has 6 nitrogen and oxygen atoms in total. The van der Waals surface area contributed by atoms with Gasteiger partial charge in [0.2, 0.25) is 10.0 Å². The average molecular weight is 372 g/mol. The summed E-state index contributed by atoms with van der Waals surface area (Å²) in [5.74, 6) is 0.618. The van der Waals surface area contributed by atoms with Crippen molar-refractivity contribution in [3.8, 4) is 5.75 Å². The number of carbonyl (C=O) groups excluding carboxylic acids is 1. The molecule has 2 heterocycles. The minimum Gasteiger partial charge on any atom is -0.491 e. The van der Waals surface area contributed by atoms with E-state index in [2.05, 4.69) is 5.32 Å². The Bertz CT molecular complexity index is 1000. The molecule has 0 aliphatic carbocycles. The highest BCUT2D eigenvalue weighted by Crippen LogP contribution is 2.34. The molecular weight excluding hydrogens is 352 g/mol. The summed E-state index contributed by atoms with van der Waals surface area (Å²) in [7, 11) is -3.29. The largest absolute Gasteiger partial charge is 0.491 e. The smallest absolute Gasteiger partial charge is 0.251 e. The Kier molecular flexibility index (Phi) is 3.91. The molecule has 136 valence electrons. The lowest BCUT2D eigenvalue weighted by molar-refractivity contribution is 0.0930. The van der Waals surface area contributed by atoms with Crippen molar-refractivity contribution >= 4 is 21.6 Å². The van der Waals surface area contributed by atoms with Crippen LogP contribution in [0.5, 0.6) is 5.75 Å². The summed E-state index contributed by atoms with van der Waals surface area (Å²) in [5, 5.41) is 3.02. The number of rotatable bonds is 3. The SMILES string of the molecule is Cc1ccc2c(c1)C(NC(=O)c1ccc3c(c1)CCN3S(C)(=O)=O)CO2. The summed E-state index contributed by atoms with van der Waals surface area (Å²) in [5.41, 5.74) is 4.17. The maximum Gasteiger partial charge on any atom is 0.251 e. The first-order valence-electron chi connectivity index (χ1n) is 8.48. The molecule has 0 fully saturated rings. The monoisotopic (exact) mass is 372 g/mol. The molecular formula is C19H20N2O4S. The van der Waals surface area contributed by atoms with Crippen LogP contribution in [0.1, 0.15) is 33.1 Å². The highest BCUT2D eigenvalue weighted by atomic mass is 32.2. The molecule has 1 amide bonds. The third kappa shape index (κ3) is 2.92. The second-order valence-corrected chi connectivity index (χ2v) is 8.71. The summed E-state index contributed by atoms with van der Waals surface area (Å²) >= 11 is 0. The van der Waals surface area contributed by atoms with E-state index in [1.54, 1.807) is 18.2 Å². The van der Waals surface area contributed by atoms with Crippen LogP contribution in [0.25, 0.3) is 0 Å². The van der Waals surface area contributed by atoms with Crippen molar-refractivity contribution in [1.29, 1.82) is 0 Å². The molecule has 0 radical (unpaired) electrons. The molecule has 2 aromatic rings. The van der Waals surface area contributed by atoms with E-state index in [1.165, 1.54) is 10.6 Å². The zero-order valence-corrected chi connectivity index (χ0v) is 15.5. The first kappa shape index (κ1) is 16.9. The molecule has 2 aliphatic rings. The van der Waals surface area contributed by atoms with Gasteiger partial charge in [0, 0.05) is 17.7 Å². The molecule has 0 saturated carbocycles. The summed E-state index contributed by atoms with van der Waals surface area (Å²) < 4.78 is 30.7. The third-order valence-electron chi connectivity index (χ3n) is 4.85. The molecule has 7 heteroatoms. The van der Waals surface area contributed by atoms with Gasteiger partial charge in [0.05, 0.1) is 18.0 Å². The zero-order valence-electron chi connectivity index (χ0n) is 14.7. The lowest BCUT2D eigenvalue weighted by atomic mass is 10.0. The lowest BCUT2D eigenvalue weighted by Gasteiger charge is -2.17. The molecule has 2 aliphatic heterocycles. The van der Waals surface area contributed by atoms with Gasteiger partial charge >= 0.3 is 0 Å². The number of anilines is 1. The van der Waals surface area contributed by atoms with Crippen LogP contribution in [0.15, 0.2) is 36.4 Å². The first-order valence-corrected chi connectivity index (χ1v) is 10.3. The number of nitrogens with zero attached hydrogens (tertiary/aromatic N) is 1. The van der Waals surface area contributed by atoms with Gasteiger partial charge in [-0.1, -0.05) is 17.7 Å². The molecule has 1 unspecified atom stereocenters. The van der Waals surface area contributed by atoms with Crippen LogP contribution in [0, 0.1) is 6.92 Å². The van der Waals surface area contributed by atoms with Crippen LogP contribution in [0.3, 0.4) is 0 Å². The Balaban J connectivity index is 1.55. The van der Waals surface area contributed by atoms with Gasteiger partial charge in [-0.05, 0) is 43.2 Å². The van der Waals surface area contributed by atoms with E-state index >= 15 is 0 Å². The van der Waals surface area contributed by atoms with Crippen LogP contribution >= 0.6 is 0 Å². The number of nitrogens with one attached hydrogen (secondary N) is 1. The molecule has 2 aromatic carbocycles. The summed E-state index contributed by atoms with van der Waals surface area (Å²) in [6.07, 6.45) is 1.81. The fraction of sp³-hybridized carbons (Fsp3) is 0.316. The van der Waals surface area contributed by atoms with Gasteiger partial charge in [-0.3, -0.25) is 9.10 Å². The van der Waals surface area contributed by atoms with Gasteiger partial charge < -0.3 is 10.1 Å². The minimum absolute atomic E-state index is 0.182. The van der Waals surface area contributed by atoms with Crippen molar-refractivity contribution in [1.82, 2.24) is 5.32 Å². The Morgan fingerprint density at radius 3 is 2.81 bits per heavy atom. The topological polar surface area (TPSA) is 75.7 Å². The van der Waals surface area contributed by atoms with Crippen molar-refractivity contribution in [3.05, 3.63) is 58.7 Å². The van der Waals surface area contributed by atoms with E-state index in [-0.39, 0.29) is 11.9 Å². The van der Waals surface area contributed by atoms with Crippen LogP contribution in [0.4, 0.5) is 5.69 Å². The van der Waals surface area contributed by atoms with E-state index in [0.717, 1.165) is 22.4 Å². The van der Waals surface area contributed by atoms with Crippen molar-refractivity contribution < 1.29 is 17.9 Å². The van der Waals surface area contributed by atoms with Gasteiger partial charge in [-0.15, -0.1) is 0 Å². The first-order chi connectivity index (χ1) is 12.3. The van der Waals surface area contributed by atoms with Gasteiger partial charge in [0.1, 0.15) is 12.4 Å². The van der Waals surface area contributed by atoms with Crippen LogP contribution < -0.4 is 14.4 Å². The molecule has 0 aromatic heterocycles. The Morgan fingerprint density at radius 2 is 2.04 bits per heavy atom. The van der Waals surface area contributed by atoms with E-state index < -0.39 is 10.0 Å². The Morgan fingerprint density at radius 1 is 1.23 bits per heavy atom. The molecule has 0 bridgehead atoms. The normalized spacial score (nSPS) is 18.2. The molecule has 4 rings (SSSR count). The molecule has 1 atom stereocenters. The van der Waals surface area contributed by atoms with Crippen molar-refractivity contribution in [2.75, 3.05) is 23.7 Å². The van der Waals surface area contributed by atoms with Gasteiger partial charge in [-0.25, -0.2) is 8.42 Å². The summed E-state index contributed by atoms with van der Waals surface area (Å²) in [6, 6.07) is 10.9. The Hall–Kier alpha value is -2.54. The number of aryl methyl sites for hydroxylation is 1. The molecule has 1 N–H and O–H groups in total. The number of hydrogen-bond donors (Lipinski definition) is 1. The third-order valence-corrected chi connectivity index (χ3v) is 6.03. The van der Waals surface area contributed by atoms with E-state index in [4.69, 9.17) is 4.74 Å². The quantitative estimate of drug-likeness (QED) is 0.896. The second kappa shape index (κ2) is 6.02. The van der Waals surface area contributed by atoms with Crippen molar-refractivity contribution in [3.63, 3.8) is 0 Å². The molecule has 26 heavy (non-hydrogen) atoms. The van der Waals surface area contributed by atoms with Gasteiger partial charge in [-0.2, -0.15) is 0 Å². The maximum atomic E-state index is 12.7. The predicted octanol–water partition coefficient (Wildman–Crippen LogP) is 2.18. The molecule has 0 saturated heterocycles. The van der Waals surface area contributed by atoms with Gasteiger partial charge in [0.15, 0.2) is 0 Å². The zero-order chi connectivity index (χ0) is 18.5. The summed E-state index contributed by atoms with van der Waals surface area (Å²) in [6.45, 7) is 2.84. The molecule has 0 spiro atoms. The maximum absolute atomic E-state index is 12.7. The predicted molar refractivity (Wildman–Crippen MR) is 99.2 cm³/mol. The number of amides is 1. The average Bonchev–Trinajstić information content (AvgIpc) is 3.18. The highest BCUT2D eigenvalue weighted by molar-refractivity contribution is 7.92. The second-order valence-electron chi connectivity index (χ2n) is 6.81. The Labute approximate surface area is 152 Å². The summed E-state index contributed by atoms with van der Waals surface area (Å²) in [4.78, 5) is 12.7. The van der Waals surface area contributed by atoms with Crippen LogP contribution in [0.2, 0.25) is 0 Å². The minimum atomic E-state index is -3.29. The number of sulfonamides is 1. The number of hydrogen-bond acceptors (Lipinski definition) is 4. The fourth-order valence-electron chi connectivity index (χ4n) is 3.55. The van der Waals surface area contributed by atoms with Crippen LogP contribution in [-0.4, -0.2) is 33.7 Å². The number of ether oxygens (including phenoxy) is 1. The standard InChI is InChI=1S/C19H20N2O4S/c1-12-3-6-18-15(9-12)16(11-25-18)20-19(22)14-4-5-17-13(10-14)7-8-21(17)26(2,23)24/h3-6,9-10,16H,7-8,11H2,1-2H3,(H,20,22). The van der Waals surface area contributed by atoms with Crippen molar-refractivity contribution in [2.24, 2.45) is 0 Å². The van der Waals surface area contributed by atoms with E-state index in [9.17, 15) is 13.2 Å². The number of fused-ring (bicyclic) bond motifs is 2. The number of benzene rings is 2. The lowest BCUT2D eigenvalue weighted by Crippen LogP contribution is -2.29. The number of carbonyl (C=O) groups is 1. The van der Waals surface area contributed by atoms with Crippen LogP contribution in [-0.2, 0) is 16.4 Å². The fourth-order valence-corrected chi connectivity index (χ4v) is 4.51. The van der Waals surface area contributed by atoms with Gasteiger partial charge in [0.25, 0.3) is 5.91 Å². The van der Waals surface area contributed by atoms with E-state index in [0.29, 0.717) is 30.8 Å². The van der Waals surface area contributed by atoms with Crippen molar-refractivity contribution in [2.45, 2.75) is 19.4 Å².